The molecule has 3 atom stereocenters. The first-order chi connectivity index (χ1) is 13.1. The van der Waals surface area contributed by atoms with Gasteiger partial charge in [-0.25, -0.2) is 0 Å². The molecule has 1 saturated heterocycles. The van der Waals surface area contributed by atoms with Crippen molar-refractivity contribution in [3.05, 3.63) is 65.2 Å². The van der Waals surface area contributed by atoms with Gasteiger partial charge in [0.1, 0.15) is 5.75 Å². The number of phenolic OH excluding ortho intramolecular Hbond substituents is 1. The van der Waals surface area contributed by atoms with Gasteiger partial charge in [0.2, 0.25) is 0 Å². The summed E-state index contributed by atoms with van der Waals surface area (Å²) >= 11 is 0. The molecule has 27 heavy (non-hydrogen) atoms. The Morgan fingerprint density at radius 3 is 2.70 bits per heavy atom. The van der Waals surface area contributed by atoms with Gasteiger partial charge in [-0.1, -0.05) is 56.7 Å². The highest BCUT2D eigenvalue weighted by molar-refractivity contribution is 5.44. The van der Waals surface area contributed by atoms with E-state index in [0.717, 1.165) is 6.42 Å². The number of phenols is 1. The molecule has 2 heteroatoms. The van der Waals surface area contributed by atoms with E-state index in [2.05, 4.69) is 55.1 Å². The zero-order chi connectivity index (χ0) is 18.9. The summed E-state index contributed by atoms with van der Waals surface area (Å²) in [7, 11) is 0. The Labute approximate surface area is 164 Å². The van der Waals surface area contributed by atoms with Gasteiger partial charge in [0.25, 0.3) is 0 Å². The molecular formula is C25H33NO. The second kappa shape index (κ2) is 7.67. The number of hydrogen-bond donors (Lipinski definition) is 1. The van der Waals surface area contributed by atoms with E-state index < -0.39 is 0 Å². The fraction of sp³-hybridized carbons (Fsp3) is 0.520. The molecule has 1 aliphatic heterocycles. The van der Waals surface area contributed by atoms with Crippen molar-refractivity contribution in [2.75, 3.05) is 13.1 Å². The van der Waals surface area contributed by atoms with Crippen LogP contribution in [0.1, 0.15) is 56.2 Å². The quantitative estimate of drug-likeness (QED) is 0.701. The Bertz CT molecular complexity index is 771. The number of benzene rings is 2. The van der Waals surface area contributed by atoms with Crippen LogP contribution in [-0.2, 0) is 18.3 Å². The molecule has 2 aromatic carbocycles. The van der Waals surface area contributed by atoms with Crippen molar-refractivity contribution in [3.8, 4) is 5.75 Å². The zero-order valence-electron chi connectivity index (χ0n) is 16.8. The number of aryl methyl sites for hydroxylation is 1. The second-order valence-corrected chi connectivity index (χ2v) is 8.90. The van der Waals surface area contributed by atoms with Gasteiger partial charge in [0, 0.05) is 6.04 Å². The molecule has 2 aliphatic rings. The lowest BCUT2D eigenvalue weighted by molar-refractivity contribution is 0.0303. The molecule has 0 spiro atoms. The SMILES string of the molecule is C[C@H]1[C@H]2Cc3ccc(O)cc3[C@@]1(C)CCN2CCCCCc1ccccc1. The smallest absolute Gasteiger partial charge is 0.115 e. The average molecular weight is 364 g/mol. The van der Waals surface area contributed by atoms with Crippen molar-refractivity contribution in [1.29, 1.82) is 0 Å². The highest BCUT2D eigenvalue weighted by Crippen LogP contribution is 2.49. The third-order valence-corrected chi connectivity index (χ3v) is 7.36. The number of rotatable bonds is 6. The zero-order valence-corrected chi connectivity index (χ0v) is 16.8. The highest BCUT2D eigenvalue weighted by Gasteiger charge is 2.48. The molecule has 0 unspecified atom stereocenters. The molecule has 1 fully saturated rings. The lowest BCUT2D eigenvalue weighted by Gasteiger charge is -2.54. The van der Waals surface area contributed by atoms with E-state index in [9.17, 15) is 5.11 Å². The van der Waals surface area contributed by atoms with Crippen molar-refractivity contribution in [2.24, 2.45) is 5.92 Å². The molecule has 0 saturated carbocycles. The predicted molar refractivity (Wildman–Crippen MR) is 112 cm³/mol. The summed E-state index contributed by atoms with van der Waals surface area (Å²) in [6.07, 6.45) is 7.44. The molecular weight excluding hydrogens is 330 g/mol. The lowest BCUT2D eigenvalue weighted by Crippen LogP contribution is -2.58. The van der Waals surface area contributed by atoms with Crippen LogP contribution in [0.25, 0.3) is 0 Å². The van der Waals surface area contributed by atoms with E-state index in [1.807, 2.05) is 12.1 Å². The lowest BCUT2D eigenvalue weighted by atomic mass is 9.59. The number of hydrogen-bond acceptors (Lipinski definition) is 2. The Morgan fingerprint density at radius 1 is 1.07 bits per heavy atom. The van der Waals surface area contributed by atoms with Gasteiger partial charge >= 0.3 is 0 Å². The Balaban J connectivity index is 1.34. The normalized spacial score (nSPS) is 27.3. The minimum Gasteiger partial charge on any atom is -0.508 e. The largest absolute Gasteiger partial charge is 0.508 e. The number of nitrogens with zero attached hydrogens (tertiary/aromatic N) is 1. The van der Waals surface area contributed by atoms with Crippen LogP contribution in [0, 0.1) is 5.92 Å². The predicted octanol–water partition coefficient (Wildman–Crippen LogP) is 5.33. The molecule has 1 heterocycles. The van der Waals surface area contributed by atoms with Crippen LogP contribution in [0.5, 0.6) is 5.75 Å². The standard InChI is InChI=1S/C25H33NO/c1-19-24-17-21-12-13-22(27)18-23(21)25(19,2)14-16-26(24)15-8-4-7-11-20-9-5-3-6-10-20/h3,5-6,9-10,12-13,18-19,24,27H,4,7-8,11,14-17H2,1-2H3/t19-,24+,25-/m0/s1. The minimum absolute atomic E-state index is 0.209. The second-order valence-electron chi connectivity index (χ2n) is 8.90. The molecule has 2 aromatic rings. The fourth-order valence-electron chi connectivity index (χ4n) is 5.44. The molecule has 0 amide bonds. The summed E-state index contributed by atoms with van der Waals surface area (Å²) in [4.78, 5) is 2.75. The van der Waals surface area contributed by atoms with Crippen LogP contribution in [-0.4, -0.2) is 29.1 Å². The number of unbranched alkanes of at least 4 members (excludes halogenated alkanes) is 2. The van der Waals surface area contributed by atoms with Gasteiger partial charge in [0.05, 0.1) is 0 Å². The number of likely N-dealkylation sites (tertiary alicyclic amines) is 1. The van der Waals surface area contributed by atoms with E-state index in [1.54, 1.807) is 0 Å². The van der Waals surface area contributed by atoms with Crippen LogP contribution in [0.3, 0.4) is 0 Å². The number of piperidine rings is 1. The molecule has 1 N–H and O–H groups in total. The first kappa shape index (κ1) is 18.6. The fourth-order valence-corrected chi connectivity index (χ4v) is 5.44. The van der Waals surface area contributed by atoms with Crippen molar-refractivity contribution in [1.82, 2.24) is 4.90 Å². The van der Waals surface area contributed by atoms with Gasteiger partial charge in [0.15, 0.2) is 0 Å². The summed E-state index contributed by atoms with van der Waals surface area (Å²) < 4.78 is 0. The molecule has 4 rings (SSSR count). The molecule has 0 radical (unpaired) electrons. The Hall–Kier alpha value is -1.80. The highest BCUT2D eigenvalue weighted by atomic mass is 16.3. The van der Waals surface area contributed by atoms with Crippen LogP contribution in [0.4, 0.5) is 0 Å². The maximum Gasteiger partial charge on any atom is 0.115 e. The van der Waals surface area contributed by atoms with E-state index >= 15 is 0 Å². The van der Waals surface area contributed by atoms with Crippen molar-refractivity contribution < 1.29 is 5.11 Å². The summed E-state index contributed by atoms with van der Waals surface area (Å²) in [5.41, 5.74) is 4.52. The number of fused-ring (bicyclic) bond motifs is 4. The van der Waals surface area contributed by atoms with E-state index in [-0.39, 0.29) is 5.41 Å². The van der Waals surface area contributed by atoms with Gasteiger partial charge in [-0.15, -0.1) is 0 Å². The van der Waals surface area contributed by atoms with Crippen LogP contribution >= 0.6 is 0 Å². The Kier molecular flexibility index (Phi) is 5.27. The summed E-state index contributed by atoms with van der Waals surface area (Å²) in [6, 6.07) is 17.6. The van der Waals surface area contributed by atoms with Crippen molar-refractivity contribution in [3.63, 3.8) is 0 Å². The summed E-state index contributed by atoms with van der Waals surface area (Å²) in [6.45, 7) is 7.27. The van der Waals surface area contributed by atoms with E-state index in [1.165, 1.54) is 61.9 Å². The average Bonchev–Trinajstić information content (AvgIpc) is 2.67. The first-order valence-corrected chi connectivity index (χ1v) is 10.7. The van der Waals surface area contributed by atoms with Crippen LogP contribution in [0.2, 0.25) is 0 Å². The Morgan fingerprint density at radius 2 is 1.89 bits per heavy atom. The van der Waals surface area contributed by atoms with E-state index in [4.69, 9.17) is 0 Å². The molecule has 2 nitrogen and oxygen atoms in total. The maximum absolute atomic E-state index is 9.98. The monoisotopic (exact) mass is 363 g/mol. The van der Waals surface area contributed by atoms with Gasteiger partial charge in [-0.3, -0.25) is 4.90 Å². The summed E-state index contributed by atoms with van der Waals surface area (Å²) in [5, 5.41) is 9.98. The van der Waals surface area contributed by atoms with Crippen molar-refractivity contribution >= 4 is 0 Å². The third-order valence-electron chi connectivity index (χ3n) is 7.36. The van der Waals surface area contributed by atoms with Crippen LogP contribution in [0.15, 0.2) is 48.5 Å². The molecule has 2 bridgehead atoms. The van der Waals surface area contributed by atoms with Crippen molar-refractivity contribution in [2.45, 2.75) is 63.8 Å². The molecule has 0 aromatic heterocycles. The van der Waals surface area contributed by atoms with E-state index in [0.29, 0.717) is 17.7 Å². The minimum atomic E-state index is 0.209. The molecule has 1 aliphatic carbocycles. The van der Waals surface area contributed by atoms with Gasteiger partial charge in [-0.2, -0.15) is 0 Å². The van der Waals surface area contributed by atoms with Gasteiger partial charge in [-0.05, 0) is 85.3 Å². The maximum atomic E-state index is 9.98. The van der Waals surface area contributed by atoms with Gasteiger partial charge < -0.3 is 5.11 Å². The topological polar surface area (TPSA) is 23.5 Å². The third kappa shape index (κ3) is 3.65. The first-order valence-electron chi connectivity index (χ1n) is 10.7. The number of aromatic hydroxyl groups is 1. The van der Waals surface area contributed by atoms with Crippen LogP contribution < -0.4 is 0 Å². The molecule has 144 valence electrons. The summed E-state index contributed by atoms with van der Waals surface area (Å²) in [5.74, 6) is 1.06.